The fraction of sp³-hybridized carbons (Fsp3) is 0.211. The lowest BCUT2D eigenvalue weighted by molar-refractivity contribution is 0.733. The molecule has 0 saturated carbocycles. The van der Waals surface area contributed by atoms with Gasteiger partial charge in [-0.25, -0.2) is 4.98 Å². The van der Waals surface area contributed by atoms with Crippen molar-refractivity contribution < 1.29 is 0 Å². The van der Waals surface area contributed by atoms with Gasteiger partial charge in [0, 0.05) is 15.7 Å². The van der Waals surface area contributed by atoms with Gasteiger partial charge in [0.2, 0.25) is 0 Å². The predicted molar refractivity (Wildman–Crippen MR) is 93.8 cm³/mol. The van der Waals surface area contributed by atoms with Gasteiger partial charge in [-0.2, -0.15) is 0 Å². The number of thioether (sulfide) groups is 1. The molecule has 0 fully saturated rings. The first-order valence-corrected chi connectivity index (χ1v) is 8.40. The van der Waals surface area contributed by atoms with Crippen LogP contribution in [0.2, 0.25) is 0 Å². The van der Waals surface area contributed by atoms with E-state index in [1.807, 2.05) is 11.8 Å². The number of aryl methyl sites for hydroxylation is 1. The second-order valence-corrected chi connectivity index (χ2v) is 8.23. The van der Waals surface area contributed by atoms with E-state index in [1.54, 1.807) is 0 Å². The van der Waals surface area contributed by atoms with Crippen molar-refractivity contribution in [3.8, 4) is 0 Å². The molecule has 0 amide bonds. The lowest BCUT2D eigenvalue weighted by atomic mass is 10.0. The number of imidazole rings is 1. The van der Waals surface area contributed by atoms with Crippen molar-refractivity contribution in [2.45, 2.75) is 30.4 Å². The van der Waals surface area contributed by atoms with E-state index < -0.39 is 0 Å². The van der Waals surface area contributed by atoms with E-state index in [0.29, 0.717) is 0 Å². The molecule has 2 nitrogen and oxygen atoms in total. The first-order chi connectivity index (χ1) is 10.6. The average molecular weight is 304 g/mol. The van der Waals surface area contributed by atoms with Crippen molar-refractivity contribution in [3.63, 3.8) is 0 Å². The van der Waals surface area contributed by atoms with Gasteiger partial charge >= 0.3 is 0 Å². The summed E-state index contributed by atoms with van der Waals surface area (Å²) in [7, 11) is 0. The number of rotatable bonds is 0. The van der Waals surface area contributed by atoms with Gasteiger partial charge in [0.05, 0.1) is 22.2 Å². The molecule has 5 rings (SSSR count). The molecule has 0 atom stereocenters. The molecule has 1 aliphatic heterocycles. The van der Waals surface area contributed by atoms with Crippen LogP contribution in [0.15, 0.2) is 47.5 Å². The standard InChI is InChI=1S/C19H16N2S/c1-11-8-9-14-17-16(11)12-6-4-5-7-13(12)18-20-10-15(21(17)18)19(2,3)22-14/h4-10H,1-3H3. The maximum absolute atomic E-state index is 4.78. The second-order valence-electron chi connectivity index (χ2n) is 6.56. The molecule has 4 aromatic rings. The van der Waals surface area contributed by atoms with E-state index in [-0.39, 0.29) is 4.75 Å². The Kier molecular flexibility index (Phi) is 2.19. The molecule has 2 aromatic heterocycles. The minimum absolute atomic E-state index is 0.0388. The Morgan fingerprint density at radius 1 is 1.05 bits per heavy atom. The normalized spacial score (nSPS) is 16.1. The highest BCUT2D eigenvalue weighted by molar-refractivity contribution is 8.00. The number of hydrogen-bond donors (Lipinski definition) is 0. The number of aromatic nitrogens is 2. The third-order valence-electron chi connectivity index (χ3n) is 4.75. The van der Waals surface area contributed by atoms with E-state index >= 15 is 0 Å². The van der Waals surface area contributed by atoms with Crippen LogP contribution in [0, 0.1) is 6.92 Å². The molecule has 2 aromatic carbocycles. The van der Waals surface area contributed by atoms with Gasteiger partial charge < -0.3 is 0 Å². The van der Waals surface area contributed by atoms with Crippen LogP contribution in [-0.2, 0) is 4.75 Å². The lowest BCUT2D eigenvalue weighted by Crippen LogP contribution is -2.19. The zero-order valence-electron chi connectivity index (χ0n) is 12.8. The fourth-order valence-corrected chi connectivity index (χ4v) is 4.96. The summed E-state index contributed by atoms with van der Waals surface area (Å²) < 4.78 is 2.42. The monoisotopic (exact) mass is 304 g/mol. The SMILES string of the molecule is Cc1ccc2c3c1c1ccccc1c1ncc(n13)C(C)(C)S2. The molecular weight excluding hydrogens is 288 g/mol. The van der Waals surface area contributed by atoms with E-state index in [1.165, 1.54) is 37.8 Å². The van der Waals surface area contributed by atoms with E-state index in [2.05, 4.69) is 67.8 Å². The molecule has 22 heavy (non-hydrogen) atoms. The number of pyridine rings is 1. The van der Waals surface area contributed by atoms with Crippen LogP contribution in [0.3, 0.4) is 0 Å². The smallest absolute Gasteiger partial charge is 0.145 e. The summed E-state index contributed by atoms with van der Waals surface area (Å²) in [5, 5.41) is 3.91. The number of hydrogen-bond acceptors (Lipinski definition) is 2. The second kappa shape index (κ2) is 3.85. The van der Waals surface area contributed by atoms with Gasteiger partial charge in [-0.1, -0.05) is 30.3 Å². The topological polar surface area (TPSA) is 17.3 Å². The molecule has 1 aliphatic rings. The van der Waals surface area contributed by atoms with Crippen molar-refractivity contribution in [2.75, 3.05) is 0 Å². The summed E-state index contributed by atoms with van der Waals surface area (Å²) in [6.07, 6.45) is 2.06. The Morgan fingerprint density at radius 3 is 2.64 bits per heavy atom. The average Bonchev–Trinajstić information content (AvgIpc) is 2.95. The molecule has 0 aliphatic carbocycles. The fourth-order valence-electron chi connectivity index (χ4n) is 3.73. The van der Waals surface area contributed by atoms with Crippen molar-refractivity contribution in [3.05, 3.63) is 53.9 Å². The van der Waals surface area contributed by atoms with Gasteiger partial charge in [-0.3, -0.25) is 4.40 Å². The Morgan fingerprint density at radius 2 is 1.82 bits per heavy atom. The third kappa shape index (κ3) is 1.35. The first kappa shape index (κ1) is 12.5. The van der Waals surface area contributed by atoms with Crippen LogP contribution in [0.5, 0.6) is 0 Å². The Bertz CT molecular complexity index is 1090. The van der Waals surface area contributed by atoms with Gasteiger partial charge in [0.1, 0.15) is 5.65 Å². The summed E-state index contributed by atoms with van der Waals surface area (Å²) in [5.41, 5.74) is 5.03. The van der Waals surface area contributed by atoms with Crippen molar-refractivity contribution >= 4 is 39.1 Å². The number of fused-ring (bicyclic) bond motifs is 3. The molecular formula is C19H16N2S. The van der Waals surface area contributed by atoms with E-state index in [4.69, 9.17) is 4.98 Å². The maximum Gasteiger partial charge on any atom is 0.145 e. The molecule has 0 saturated heterocycles. The maximum atomic E-state index is 4.78. The minimum Gasteiger partial charge on any atom is -0.294 e. The van der Waals surface area contributed by atoms with Crippen LogP contribution in [0.1, 0.15) is 25.1 Å². The Hall–Kier alpha value is -2.00. The van der Waals surface area contributed by atoms with Gasteiger partial charge in [-0.05, 0) is 37.8 Å². The lowest BCUT2D eigenvalue weighted by Gasteiger charge is -2.30. The minimum atomic E-state index is 0.0388. The highest BCUT2D eigenvalue weighted by Crippen LogP contribution is 2.49. The van der Waals surface area contributed by atoms with Gasteiger partial charge in [0.15, 0.2) is 0 Å². The third-order valence-corrected chi connectivity index (χ3v) is 6.02. The summed E-state index contributed by atoms with van der Waals surface area (Å²) in [6.45, 7) is 6.77. The Balaban J connectivity index is 2.23. The van der Waals surface area contributed by atoms with Crippen LogP contribution in [0.25, 0.3) is 27.3 Å². The molecule has 3 heteroatoms. The van der Waals surface area contributed by atoms with Crippen LogP contribution >= 0.6 is 11.8 Å². The van der Waals surface area contributed by atoms with Crippen LogP contribution in [0.4, 0.5) is 0 Å². The molecule has 0 radical (unpaired) electrons. The first-order valence-electron chi connectivity index (χ1n) is 7.59. The summed E-state index contributed by atoms with van der Waals surface area (Å²) in [4.78, 5) is 6.13. The largest absolute Gasteiger partial charge is 0.294 e. The molecule has 0 unspecified atom stereocenters. The summed E-state index contributed by atoms with van der Waals surface area (Å²) >= 11 is 1.94. The van der Waals surface area contributed by atoms with Crippen molar-refractivity contribution in [2.24, 2.45) is 0 Å². The molecule has 3 heterocycles. The van der Waals surface area contributed by atoms with Crippen molar-refractivity contribution in [1.82, 2.24) is 9.38 Å². The zero-order valence-corrected chi connectivity index (χ0v) is 13.7. The number of nitrogens with zero attached hydrogens (tertiary/aromatic N) is 2. The van der Waals surface area contributed by atoms with Crippen LogP contribution in [-0.4, -0.2) is 9.38 Å². The summed E-state index contributed by atoms with van der Waals surface area (Å²) in [5.74, 6) is 0. The van der Waals surface area contributed by atoms with Crippen molar-refractivity contribution in [1.29, 1.82) is 0 Å². The van der Waals surface area contributed by atoms with Crippen LogP contribution < -0.4 is 0 Å². The molecule has 108 valence electrons. The zero-order chi connectivity index (χ0) is 15.1. The number of benzene rings is 2. The highest BCUT2D eigenvalue weighted by atomic mass is 32.2. The predicted octanol–water partition coefficient (Wildman–Crippen LogP) is 5.29. The molecule has 0 spiro atoms. The van der Waals surface area contributed by atoms with Gasteiger partial charge in [-0.15, -0.1) is 11.8 Å². The Labute approximate surface area is 133 Å². The van der Waals surface area contributed by atoms with Gasteiger partial charge in [0.25, 0.3) is 0 Å². The quantitative estimate of drug-likeness (QED) is 0.411. The summed E-state index contributed by atoms with van der Waals surface area (Å²) in [6, 6.07) is 13.2. The molecule has 0 bridgehead atoms. The highest BCUT2D eigenvalue weighted by Gasteiger charge is 2.33. The van der Waals surface area contributed by atoms with E-state index in [0.717, 1.165) is 5.65 Å². The van der Waals surface area contributed by atoms with E-state index in [9.17, 15) is 0 Å². The molecule has 0 N–H and O–H groups in total.